The predicted molar refractivity (Wildman–Crippen MR) is 90.9 cm³/mol. The van der Waals surface area contributed by atoms with Gasteiger partial charge in [0.25, 0.3) is 0 Å². The lowest BCUT2D eigenvalue weighted by Crippen LogP contribution is -2.35. The van der Waals surface area contributed by atoms with Crippen molar-refractivity contribution in [2.24, 2.45) is 5.41 Å². The van der Waals surface area contributed by atoms with Crippen LogP contribution in [0.2, 0.25) is 0 Å². The fourth-order valence-electron chi connectivity index (χ4n) is 1.83. The molecule has 0 saturated carbocycles. The topological polar surface area (TPSA) is 78.4 Å². The zero-order valence-electron chi connectivity index (χ0n) is 13.1. The zero-order valence-corrected chi connectivity index (χ0v) is 14.7. The van der Waals surface area contributed by atoms with E-state index in [0.29, 0.717) is 19.4 Å². The van der Waals surface area contributed by atoms with Crippen molar-refractivity contribution in [2.45, 2.75) is 39.7 Å². The van der Waals surface area contributed by atoms with Crippen LogP contribution in [-0.4, -0.2) is 29.6 Å². The molecule has 122 valence electrons. The highest BCUT2D eigenvalue weighted by atomic mass is 79.9. The van der Waals surface area contributed by atoms with E-state index in [2.05, 4.69) is 26.6 Å². The summed E-state index contributed by atoms with van der Waals surface area (Å²) in [6.07, 6.45) is 0.852. The molecule has 3 N–H and O–H groups in total. The van der Waals surface area contributed by atoms with Crippen LogP contribution < -0.4 is 10.6 Å². The molecule has 1 unspecified atom stereocenters. The fraction of sp³-hybridized carbons (Fsp3) is 0.500. The first-order valence-electron chi connectivity index (χ1n) is 7.23. The van der Waals surface area contributed by atoms with Crippen LogP contribution >= 0.6 is 15.9 Å². The maximum Gasteiger partial charge on any atom is 0.309 e. The zero-order chi connectivity index (χ0) is 16.8. The lowest BCUT2D eigenvalue weighted by atomic mass is 9.89. The second-order valence-electron chi connectivity index (χ2n) is 6.05. The summed E-state index contributed by atoms with van der Waals surface area (Å²) < 4.78 is 0.960. The number of hydrogen-bond donors (Lipinski definition) is 3. The van der Waals surface area contributed by atoms with E-state index in [1.165, 1.54) is 0 Å². The average Bonchev–Trinajstić information content (AvgIpc) is 2.40. The Hall–Kier alpha value is -1.40. The van der Waals surface area contributed by atoms with Gasteiger partial charge in [0.1, 0.15) is 0 Å². The number of nitrogens with one attached hydrogen (secondary N) is 2. The van der Waals surface area contributed by atoms with Gasteiger partial charge in [-0.1, -0.05) is 15.9 Å². The highest BCUT2D eigenvalue weighted by molar-refractivity contribution is 9.10. The Morgan fingerprint density at radius 2 is 1.86 bits per heavy atom. The summed E-state index contributed by atoms with van der Waals surface area (Å²) in [6.45, 7) is 5.87. The van der Waals surface area contributed by atoms with Crippen molar-refractivity contribution < 1.29 is 14.7 Å². The molecule has 0 aliphatic carbocycles. The largest absolute Gasteiger partial charge is 0.481 e. The first-order chi connectivity index (χ1) is 10.2. The van der Waals surface area contributed by atoms with Gasteiger partial charge in [0.2, 0.25) is 5.91 Å². The third kappa shape index (κ3) is 6.58. The summed E-state index contributed by atoms with van der Waals surface area (Å²) in [7, 11) is 0. The van der Waals surface area contributed by atoms with Crippen LogP contribution in [0.15, 0.2) is 28.7 Å². The summed E-state index contributed by atoms with van der Waals surface area (Å²) in [5.41, 5.74) is -0.000674. The molecule has 0 aliphatic rings. The van der Waals surface area contributed by atoms with Crippen LogP contribution in [0.1, 0.15) is 33.6 Å². The number of amides is 1. The highest BCUT2D eigenvalue weighted by Gasteiger charge is 2.26. The van der Waals surface area contributed by atoms with Crippen molar-refractivity contribution in [3.05, 3.63) is 28.7 Å². The molecule has 0 bridgehead atoms. The van der Waals surface area contributed by atoms with E-state index in [0.717, 1.165) is 10.2 Å². The van der Waals surface area contributed by atoms with Gasteiger partial charge in [0.05, 0.1) is 5.41 Å². The van der Waals surface area contributed by atoms with Crippen LogP contribution in [0.25, 0.3) is 0 Å². The van der Waals surface area contributed by atoms with Gasteiger partial charge < -0.3 is 15.7 Å². The maximum absolute atomic E-state index is 11.9. The summed E-state index contributed by atoms with van der Waals surface area (Å²) in [5, 5.41) is 15.1. The number of carboxylic acids is 1. The summed E-state index contributed by atoms with van der Waals surface area (Å²) in [6, 6.07) is 7.38. The third-order valence-corrected chi connectivity index (χ3v) is 3.97. The molecule has 6 heteroatoms. The molecule has 1 aromatic carbocycles. The summed E-state index contributed by atoms with van der Waals surface area (Å²) in [4.78, 5) is 22.9. The fourth-order valence-corrected chi connectivity index (χ4v) is 2.10. The van der Waals surface area contributed by atoms with Crippen molar-refractivity contribution in [3.63, 3.8) is 0 Å². The lowest BCUT2D eigenvalue weighted by molar-refractivity contribution is -0.147. The molecular weight excluding hydrogens is 348 g/mol. The third-order valence-electron chi connectivity index (χ3n) is 3.44. The van der Waals surface area contributed by atoms with Gasteiger partial charge in [-0.2, -0.15) is 0 Å². The van der Waals surface area contributed by atoms with Crippen molar-refractivity contribution >= 4 is 33.5 Å². The molecule has 0 radical (unpaired) electrons. The van der Waals surface area contributed by atoms with Crippen molar-refractivity contribution in [2.75, 3.05) is 11.9 Å². The van der Waals surface area contributed by atoms with Crippen LogP contribution in [0, 0.1) is 5.41 Å². The molecule has 0 heterocycles. The molecule has 5 nitrogen and oxygen atoms in total. The van der Waals surface area contributed by atoms with Crippen molar-refractivity contribution in [3.8, 4) is 0 Å². The van der Waals surface area contributed by atoms with Crippen LogP contribution in [0.4, 0.5) is 5.69 Å². The minimum absolute atomic E-state index is 0.0138. The number of halogens is 1. The molecule has 0 spiro atoms. The molecule has 1 rings (SSSR count). The number of carboxylic acid groups (broad SMARTS) is 1. The molecular formula is C16H23BrN2O3. The van der Waals surface area contributed by atoms with E-state index < -0.39 is 11.4 Å². The molecule has 1 amide bonds. The Bertz CT molecular complexity index is 515. The Labute approximate surface area is 139 Å². The number of aliphatic carboxylic acids is 1. The Balaban J connectivity index is 2.32. The van der Waals surface area contributed by atoms with Crippen LogP contribution in [0.3, 0.4) is 0 Å². The van der Waals surface area contributed by atoms with Crippen LogP contribution in [-0.2, 0) is 9.59 Å². The van der Waals surface area contributed by atoms with E-state index in [1.807, 2.05) is 31.2 Å². The lowest BCUT2D eigenvalue weighted by Gasteiger charge is -2.21. The number of hydrogen-bond acceptors (Lipinski definition) is 3. The number of carbonyl (C=O) groups excluding carboxylic acids is 1. The molecule has 0 saturated heterocycles. The molecule has 0 aromatic heterocycles. The van der Waals surface area contributed by atoms with Gasteiger partial charge in [-0.3, -0.25) is 9.59 Å². The standard InChI is InChI=1S/C16H23BrN2O3/c1-11(18-9-8-16(2,3)15(21)22)10-14(20)19-13-6-4-12(17)5-7-13/h4-7,11,18H,8-10H2,1-3H3,(H,19,20)(H,21,22). The monoisotopic (exact) mass is 370 g/mol. The second-order valence-corrected chi connectivity index (χ2v) is 6.97. The van der Waals surface area contributed by atoms with Crippen molar-refractivity contribution in [1.82, 2.24) is 5.32 Å². The van der Waals surface area contributed by atoms with Gasteiger partial charge in [-0.15, -0.1) is 0 Å². The normalized spacial score (nSPS) is 12.7. The molecule has 0 fully saturated rings. The van der Waals surface area contributed by atoms with Gasteiger partial charge >= 0.3 is 5.97 Å². The molecule has 0 aliphatic heterocycles. The number of rotatable bonds is 8. The number of carbonyl (C=O) groups is 2. The van der Waals surface area contributed by atoms with Crippen molar-refractivity contribution in [1.29, 1.82) is 0 Å². The minimum atomic E-state index is -0.810. The quantitative estimate of drug-likeness (QED) is 0.656. The van der Waals surface area contributed by atoms with E-state index in [9.17, 15) is 9.59 Å². The van der Waals surface area contributed by atoms with E-state index in [4.69, 9.17) is 5.11 Å². The SMILES string of the molecule is CC(CC(=O)Nc1ccc(Br)cc1)NCCC(C)(C)C(=O)O. The first kappa shape index (κ1) is 18.6. The van der Waals surface area contributed by atoms with Gasteiger partial charge in [-0.25, -0.2) is 0 Å². The second kappa shape index (κ2) is 8.29. The minimum Gasteiger partial charge on any atom is -0.481 e. The highest BCUT2D eigenvalue weighted by Crippen LogP contribution is 2.19. The smallest absolute Gasteiger partial charge is 0.309 e. The molecule has 1 atom stereocenters. The van der Waals surface area contributed by atoms with Gasteiger partial charge in [-0.05, 0) is 58.0 Å². The van der Waals surface area contributed by atoms with Crippen LogP contribution in [0.5, 0.6) is 0 Å². The summed E-state index contributed by atoms with van der Waals surface area (Å²) in [5.74, 6) is -0.880. The Kier molecular flexibility index (Phi) is 7.03. The summed E-state index contributed by atoms with van der Waals surface area (Å²) >= 11 is 3.34. The van der Waals surface area contributed by atoms with Gasteiger partial charge in [0.15, 0.2) is 0 Å². The molecule has 22 heavy (non-hydrogen) atoms. The Morgan fingerprint density at radius 1 is 1.27 bits per heavy atom. The van der Waals surface area contributed by atoms with Gasteiger partial charge in [0, 0.05) is 22.6 Å². The van der Waals surface area contributed by atoms with E-state index in [-0.39, 0.29) is 11.9 Å². The molecule has 1 aromatic rings. The number of benzene rings is 1. The maximum atomic E-state index is 11.9. The average molecular weight is 371 g/mol. The van der Waals surface area contributed by atoms with E-state index in [1.54, 1.807) is 13.8 Å². The Morgan fingerprint density at radius 3 is 2.41 bits per heavy atom. The predicted octanol–water partition coefficient (Wildman–Crippen LogP) is 3.26. The van der Waals surface area contributed by atoms with E-state index >= 15 is 0 Å². The number of anilines is 1. The first-order valence-corrected chi connectivity index (χ1v) is 8.02.